The summed E-state index contributed by atoms with van der Waals surface area (Å²) in [6.07, 6.45) is 5.27. The number of β-lactam (4-membered cyclic amide) rings is 1. The molecule has 8 nitrogen and oxygen atoms in total. The standard InChI is InChI=1S/C13H13N3O5S/c1-2-5-20-13(19)21-10-12(15-4-3-14-7-15)22-11-8(6-17)9(18)16(10)11/h2-4,7-8,11,17H,1,5-6H2/t8-,11+/m0/s1. The summed E-state index contributed by atoms with van der Waals surface area (Å²) in [5.74, 6) is -0.702. The zero-order valence-electron chi connectivity index (χ0n) is 11.4. The van der Waals surface area contributed by atoms with E-state index >= 15 is 0 Å². The molecule has 1 aromatic rings. The molecule has 0 bridgehead atoms. The van der Waals surface area contributed by atoms with Crippen molar-refractivity contribution < 1.29 is 24.2 Å². The van der Waals surface area contributed by atoms with Crippen molar-refractivity contribution in [2.45, 2.75) is 5.37 Å². The fourth-order valence-electron chi connectivity index (χ4n) is 2.19. The summed E-state index contributed by atoms with van der Waals surface area (Å²) >= 11 is 1.32. The van der Waals surface area contributed by atoms with E-state index in [4.69, 9.17) is 9.47 Å². The van der Waals surface area contributed by atoms with E-state index in [1.54, 1.807) is 17.0 Å². The van der Waals surface area contributed by atoms with Crippen molar-refractivity contribution in [3.05, 3.63) is 37.3 Å². The van der Waals surface area contributed by atoms with Gasteiger partial charge in [-0.3, -0.25) is 14.3 Å². The highest BCUT2D eigenvalue weighted by atomic mass is 32.2. The van der Waals surface area contributed by atoms with Crippen molar-refractivity contribution in [3.8, 4) is 0 Å². The van der Waals surface area contributed by atoms with Gasteiger partial charge < -0.3 is 14.6 Å². The van der Waals surface area contributed by atoms with Crippen molar-refractivity contribution in [1.82, 2.24) is 14.5 Å². The number of carbonyl (C=O) groups excluding carboxylic acids is 2. The lowest BCUT2D eigenvalue weighted by Crippen LogP contribution is -2.58. The van der Waals surface area contributed by atoms with Crippen LogP contribution in [0.25, 0.3) is 5.03 Å². The lowest BCUT2D eigenvalue weighted by Gasteiger charge is -2.40. The average molecular weight is 323 g/mol. The molecule has 0 unspecified atom stereocenters. The first-order valence-corrected chi connectivity index (χ1v) is 7.34. The highest BCUT2D eigenvalue weighted by Gasteiger charge is 2.56. The molecule has 3 rings (SSSR count). The third kappa shape index (κ3) is 2.28. The van der Waals surface area contributed by atoms with Gasteiger partial charge in [0.25, 0.3) is 0 Å². The first-order valence-electron chi connectivity index (χ1n) is 6.46. The summed E-state index contributed by atoms with van der Waals surface area (Å²) in [5, 5.41) is 9.51. The molecule has 0 radical (unpaired) electrons. The molecule has 116 valence electrons. The van der Waals surface area contributed by atoms with Gasteiger partial charge in [0.05, 0.1) is 18.9 Å². The molecule has 2 aliphatic heterocycles. The van der Waals surface area contributed by atoms with Crippen LogP contribution in [-0.4, -0.2) is 50.2 Å². The summed E-state index contributed by atoms with van der Waals surface area (Å²) in [6.45, 7) is 3.20. The van der Waals surface area contributed by atoms with Gasteiger partial charge in [0.1, 0.15) is 17.0 Å². The molecule has 22 heavy (non-hydrogen) atoms. The van der Waals surface area contributed by atoms with Crippen LogP contribution >= 0.6 is 11.8 Å². The van der Waals surface area contributed by atoms with Crippen LogP contribution in [0.15, 0.2) is 37.3 Å². The monoisotopic (exact) mass is 323 g/mol. The number of imidazole rings is 1. The Morgan fingerprint density at radius 1 is 1.59 bits per heavy atom. The van der Waals surface area contributed by atoms with Gasteiger partial charge >= 0.3 is 6.16 Å². The molecule has 1 saturated heterocycles. The molecule has 1 N–H and O–H groups in total. The summed E-state index contributed by atoms with van der Waals surface area (Å²) < 4.78 is 11.6. The predicted octanol–water partition coefficient (Wildman–Crippen LogP) is 0.829. The van der Waals surface area contributed by atoms with Crippen molar-refractivity contribution in [1.29, 1.82) is 0 Å². The number of aliphatic hydroxyl groups excluding tert-OH is 1. The van der Waals surface area contributed by atoms with E-state index < -0.39 is 12.1 Å². The topological polar surface area (TPSA) is 93.9 Å². The largest absolute Gasteiger partial charge is 0.515 e. The average Bonchev–Trinajstić information content (AvgIpc) is 3.11. The highest BCUT2D eigenvalue weighted by molar-refractivity contribution is 8.08. The first-order chi connectivity index (χ1) is 10.7. The predicted molar refractivity (Wildman–Crippen MR) is 76.9 cm³/mol. The molecule has 0 aromatic carbocycles. The Hall–Kier alpha value is -2.26. The molecule has 1 fully saturated rings. The van der Waals surface area contributed by atoms with Gasteiger partial charge in [0.15, 0.2) is 0 Å². The van der Waals surface area contributed by atoms with Gasteiger partial charge in [0, 0.05) is 12.4 Å². The van der Waals surface area contributed by atoms with Gasteiger partial charge in [0.2, 0.25) is 11.8 Å². The second kappa shape index (κ2) is 5.85. The fourth-order valence-corrected chi connectivity index (χ4v) is 3.56. The number of ether oxygens (including phenoxy) is 2. The minimum absolute atomic E-state index is 0.0102. The third-order valence-corrected chi connectivity index (χ3v) is 4.61. The molecule has 1 amide bonds. The summed E-state index contributed by atoms with van der Waals surface area (Å²) in [5.41, 5.74) is 0. The van der Waals surface area contributed by atoms with Gasteiger partial charge in [-0.25, -0.2) is 9.78 Å². The van der Waals surface area contributed by atoms with Crippen molar-refractivity contribution in [3.63, 3.8) is 0 Å². The fraction of sp³-hybridized carbons (Fsp3) is 0.308. The number of hydrogen-bond donors (Lipinski definition) is 1. The van der Waals surface area contributed by atoms with Crippen molar-refractivity contribution in [2.75, 3.05) is 13.2 Å². The third-order valence-electron chi connectivity index (χ3n) is 3.22. The lowest BCUT2D eigenvalue weighted by molar-refractivity contribution is -0.151. The maximum absolute atomic E-state index is 12.0. The molecule has 0 spiro atoms. The Kier molecular flexibility index (Phi) is 3.90. The molecule has 3 heterocycles. The first kappa shape index (κ1) is 14.7. The zero-order chi connectivity index (χ0) is 15.7. The molecule has 0 saturated carbocycles. The maximum atomic E-state index is 12.0. The van der Waals surface area contributed by atoms with Gasteiger partial charge in [-0.15, -0.1) is 0 Å². The second-order valence-electron chi connectivity index (χ2n) is 4.54. The molecule has 1 aromatic heterocycles. The Bertz CT molecular complexity index is 642. The maximum Gasteiger partial charge on any atom is 0.515 e. The van der Waals surface area contributed by atoms with Crippen molar-refractivity contribution >= 4 is 28.9 Å². The molecule has 9 heteroatoms. The Labute approximate surface area is 130 Å². The summed E-state index contributed by atoms with van der Waals surface area (Å²) in [6, 6.07) is 0. The van der Waals surface area contributed by atoms with E-state index in [9.17, 15) is 14.7 Å². The molecule has 0 aliphatic carbocycles. The van der Waals surface area contributed by atoms with Crippen LogP contribution in [0.3, 0.4) is 0 Å². The van der Waals surface area contributed by atoms with Crippen LogP contribution in [0, 0.1) is 5.92 Å². The Morgan fingerprint density at radius 2 is 2.41 bits per heavy atom. The minimum Gasteiger partial charge on any atom is -0.430 e. The summed E-state index contributed by atoms with van der Waals surface area (Å²) in [7, 11) is 0. The normalized spacial score (nSPS) is 23.1. The number of carbonyl (C=O) groups is 2. The molecule has 2 atom stereocenters. The zero-order valence-corrected chi connectivity index (χ0v) is 12.2. The van der Waals surface area contributed by atoms with E-state index in [1.807, 2.05) is 0 Å². The van der Waals surface area contributed by atoms with Crippen LogP contribution < -0.4 is 0 Å². The van der Waals surface area contributed by atoms with E-state index in [0.717, 1.165) is 0 Å². The lowest BCUT2D eigenvalue weighted by atomic mass is 10.00. The van der Waals surface area contributed by atoms with E-state index in [-0.39, 0.29) is 30.4 Å². The number of aliphatic hydroxyl groups is 1. The van der Waals surface area contributed by atoms with E-state index in [2.05, 4.69) is 11.6 Å². The number of hydrogen-bond acceptors (Lipinski definition) is 7. The van der Waals surface area contributed by atoms with E-state index in [0.29, 0.717) is 5.03 Å². The summed E-state index contributed by atoms with van der Waals surface area (Å²) in [4.78, 5) is 29.0. The number of nitrogens with zero attached hydrogens (tertiary/aromatic N) is 3. The van der Waals surface area contributed by atoms with Crippen LogP contribution in [-0.2, 0) is 14.3 Å². The van der Waals surface area contributed by atoms with Gasteiger partial charge in [-0.05, 0) is 0 Å². The number of rotatable bonds is 5. The Morgan fingerprint density at radius 3 is 3.05 bits per heavy atom. The quantitative estimate of drug-likeness (QED) is 0.487. The van der Waals surface area contributed by atoms with Crippen LogP contribution in [0.2, 0.25) is 0 Å². The van der Waals surface area contributed by atoms with Gasteiger partial charge in [-0.1, -0.05) is 24.4 Å². The molecular formula is C13H13N3O5S. The Balaban J connectivity index is 1.86. The second-order valence-corrected chi connectivity index (χ2v) is 5.64. The number of amides is 1. The van der Waals surface area contributed by atoms with Crippen LogP contribution in [0.5, 0.6) is 0 Å². The molecule has 2 aliphatic rings. The SMILES string of the molecule is C=CCOC(=O)OC1=C(n2ccnc2)S[C@@H]2[C@@H](CO)C(=O)N12. The minimum atomic E-state index is -0.922. The van der Waals surface area contributed by atoms with Gasteiger partial charge in [-0.2, -0.15) is 0 Å². The van der Waals surface area contributed by atoms with Crippen LogP contribution in [0.1, 0.15) is 0 Å². The highest BCUT2D eigenvalue weighted by Crippen LogP contribution is 2.51. The number of thioether (sulfide) groups is 1. The van der Waals surface area contributed by atoms with E-state index in [1.165, 1.54) is 29.1 Å². The number of aromatic nitrogens is 2. The smallest absolute Gasteiger partial charge is 0.430 e. The van der Waals surface area contributed by atoms with Crippen molar-refractivity contribution in [2.24, 2.45) is 5.92 Å². The number of fused-ring (bicyclic) bond motifs is 1. The van der Waals surface area contributed by atoms with Crippen LogP contribution in [0.4, 0.5) is 4.79 Å². The molecular weight excluding hydrogens is 310 g/mol.